The van der Waals surface area contributed by atoms with Gasteiger partial charge in [-0.05, 0) is 43.9 Å². The van der Waals surface area contributed by atoms with Crippen molar-refractivity contribution in [1.29, 1.82) is 0 Å². The lowest BCUT2D eigenvalue weighted by molar-refractivity contribution is 0.609. The molecule has 27 heavy (non-hydrogen) atoms. The second-order valence-electron chi connectivity index (χ2n) is 6.82. The fraction of sp³-hybridized carbons (Fsp3) is 0.526. The Balaban J connectivity index is 0.00000261. The SMILES string of the molecule is Cc1nnc(CN=C(NCCc2cccc(F)c2)NC2CCCC2)n1C.I. The van der Waals surface area contributed by atoms with E-state index in [2.05, 4.69) is 25.8 Å². The van der Waals surface area contributed by atoms with Crippen molar-refractivity contribution in [2.24, 2.45) is 12.0 Å². The van der Waals surface area contributed by atoms with Crippen molar-refractivity contribution in [3.8, 4) is 0 Å². The van der Waals surface area contributed by atoms with Gasteiger partial charge in [0.1, 0.15) is 18.2 Å². The van der Waals surface area contributed by atoms with Crippen LogP contribution < -0.4 is 10.6 Å². The maximum atomic E-state index is 13.3. The lowest BCUT2D eigenvalue weighted by Gasteiger charge is -2.17. The van der Waals surface area contributed by atoms with E-state index in [4.69, 9.17) is 0 Å². The van der Waals surface area contributed by atoms with Gasteiger partial charge in [-0.15, -0.1) is 34.2 Å². The van der Waals surface area contributed by atoms with Crippen LogP contribution in [-0.4, -0.2) is 33.3 Å². The van der Waals surface area contributed by atoms with Crippen molar-refractivity contribution >= 4 is 29.9 Å². The van der Waals surface area contributed by atoms with Crippen molar-refractivity contribution in [1.82, 2.24) is 25.4 Å². The highest BCUT2D eigenvalue weighted by Crippen LogP contribution is 2.17. The van der Waals surface area contributed by atoms with Gasteiger partial charge in [0.05, 0.1) is 0 Å². The first-order valence-electron chi connectivity index (χ1n) is 9.26. The lowest BCUT2D eigenvalue weighted by Crippen LogP contribution is -2.43. The Bertz CT molecular complexity index is 754. The van der Waals surface area contributed by atoms with Gasteiger partial charge in [-0.25, -0.2) is 9.38 Å². The van der Waals surface area contributed by atoms with Gasteiger partial charge in [0.2, 0.25) is 0 Å². The summed E-state index contributed by atoms with van der Waals surface area (Å²) in [4.78, 5) is 4.68. The van der Waals surface area contributed by atoms with E-state index in [1.54, 1.807) is 12.1 Å². The van der Waals surface area contributed by atoms with Gasteiger partial charge in [0, 0.05) is 19.6 Å². The molecule has 1 aromatic heterocycles. The minimum Gasteiger partial charge on any atom is -0.356 e. The Morgan fingerprint density at radius 2 is 2.07 bits per heavy atom. The average Bonchev–Trinajstić information content (AvgIpc) is 3.24. The third-order valence-electron chi connectivity index (χ3n) is 4.85. The van der Waals surface area contributed by atoms with Crippen LogP contribution in [-0.2, 0) is 20.0 Å². The van der Waals surface area contributed by atoms with Crippen LogP contribution in [0, 0.1) is 12.7 Å². The van der Waals surface area contributed by atoms with E-state index in [1.165, 1.54) is 31.7 Å². The molecule has 1 heterocycles. The molecule has 148 valence electrons. The van der Waals surface area contributed by atoms with Crippen LogP contribution in [0.5, 0.6) is 0 Å². The highest BCUT2D eigenvalue weighted by molar-refractivity contribution is 14.0. The van der Waals surface area contributed by atoms with E-state index in [1.807, 2.05) is 24.6 Å². The summed E-state index contributed by atoms with van der Waals surface area (Å²) in [5.74, 6) is 2.30. The minimum absolute atomic E-state index is 0. The first-order chi connectivity index (χ1) is 12.6. The number of halogens is 2. The highest BCUT2D eigenvalue weighted by atomic mass is 127. The van der Waals surface area contributed by atoms with Crippen LogP contribution in [0.25, 0.3) is 0 Å². The van der Waals surface area contributed by atoms with Gasteiger partial charge in [0.25, 0.3) is 0 Å². The van der Waals surface area contributed by atoms with Crippen molar-refractivity contribution in [2.45, 2.75) is 51.6 Å². The van der Waals surface area contributed by atoms with Crippen molar-refractivity contribution in [2.75, 3.05) is 6.54 Å². The van der Waals surface area contributed by atoms with E-state index >= 15 is 0 Å². The highest BCUT2D eigenvalue weighted by Gasteiger charge is 2.16. The standard InChI is InChI=1S/C19H27FN6.HI/c1-14-24-25-18(26(14)2)13-22-19(23-17-8-3-4-9-17)21-11-10-15-6-5-7-16(20)12-15;/h5-7,12,17H,3-4,8-11,13H2,1-2H3,(H2,21,22,23);1H. The number of benzene rings is 1. The molecule has 2 N–H and O–H groups in total. The van der Waals surface area contributed by atoms with Gasteiger partial charge in [-0.3, -0.25) is 0 Å². The molecule has 1 aliphatic carbocycles. The van der Waals surface area contributed by atoms with Crippen LogP contribution >= 0.6 is 24.0 Å². The van der Waals surface area contributed by atoms with Gasteiger partial charge in [0.15, 0.2) is 11.8 Å². The molecule has 0 aliphatic heterocycles. The monoisotopic (exact) mass is 486 g/mol. The average molecular weight is 486 g/mol. The van der Waals surface area contributed by atoms with E-state index < -0.39 is 0 Å². The van der Waals surface area contributed by atoms with Crippen molar-refractivity contribution in [3.05, 3.63) is 47.3 Å². The third-order valence-corrected chi connectivity index (χ3v) is 4.85. The summed E-state index contributed by atoms with van der Waals surface area (Å²) in [5.41, 5.74) is 0.974. The molecule has 0 unspecified atom stereocenters. The summed E-state index contributed by atoms with van der Waals surface area (Å²) in [6.45, 7) is 3.09. The first-order valence-corrected chi connectivity index (χ1v) is 9.26. The van der Waals surface area contributed by atoms with Gasteiger partial charge in [-0.1, -0.05) is 25.0 Å². The number of aliphatic imine (C=N–C) groups is 1. The molecule has 1 saturated carbocycles. The fourth-order valence-corrected chi connectivity index (χ4v) is 3.17. The molecule has 0 spiro atoms. The molecule has 0 atom stereocenters. The zero-order valence-electron chi connectivity index (χ0n) is 15.9. The lowest BCUT2D eigenvalue weighted by atomic mass is 10.1. The molecule has 0 bridgehead atoms. The first kappa shape index (κ1) is 21.6. The maximum absolute atomic E-state index is 13.3. The number of nitrogens with zero attached hydrogens (tertiary/aromatic N) is 4. The zero-order valence-corrected chi connectivity index (χ0v) is 18.2. The Morgan fingerprint density at radius 3 is 2.74 bits per heavy atom. The quantitative estimate of drug-likeness (QED) is 0.374. The molecule has 2 aromatic rings. The molecule has 0 amide bonds. The molecule has 3 rings (SSSR count). The summed E-state index contributed by atoms with van der Waals surface area (Å²) in [5, 5.41) is 15.1. The Kier molecular flexibility index (Phi) is 8.46. The molecule has 1 fully saturated rings. The summed E-state index contributed by atoms with van der Waals surface area (Å²) in [6, 6.07) is 7.19. The summed E-state index contributed by atoms with van der Waals surface area (Å²) in [6.07, 6.45) is 5.61. The maximum Gasteiger partial charge on any atom is 0.191 e. The van der Waals surface area contributed by atoms with E-state index in [0.29, 0.717) is 19.1 Å². The number of rotatable bonds is 6. The number of hydrogen-bond donors (Lipinski definition) is 2. The molecule has 1 aliphatic rings. The van der Waals surface area contributed by atoms with Crippen molar-refractivity contribution < 1.29 is 4.39 Å². The Hall–Kier alpha value is -1.71. The van der Waals surface area contributed by atoms with Crippen molar-refractivity contribution in [3.63, 3.8) is 0 Å². The minimum atomic E-state index is -0.196. The van der Waals surface area contributed by atoms with E-state index in [9.17, 15) is 4.39 Å². The largest absolute Gasteiger partial charge is 0.356 e. The van der Waals surface area contributed by atoms with Gasteiger partial charge >= 0.3 is 0 Å². The smallest absolute Gasteiger partial charge is 0.191 e. The van der Waals surface area contributed by atoms with Gasteiger partial charge < -0.3 is 15.2 Å². The second kappa shape index (κ2) is 10.6. The number of hydrogen-bond acceptors (Lipinski definition) is 3. The van der Waals surface area contributed by atoms with Crippen LogP contribution in [0.4, 0.5) is 4.39 Å². The van der Waals surface area contributed by atoms with Crippen LogP contribution in [0.1, 0.15) is 42.9 Å². The predicted octanol–water partition coefficient (Wildman–Crippen LogP) is 3.10. The summed E-state index contributed by atoms with van der Waals surface area (Å²) < 4.78 is 15.2. The summed E-state index contributed by atoms with van der Waals surface area (Å²) in [7, 11) is 1.95. The Labute approximate surface area is 177 Å². The van der Waals surface area contributed by atoms with E-state index in [-0.39, 0.29) is 29.8 Å². The number of nitrogens with one attached hydrogen (secondary N) is 2. The topological polar surface area (TPSA) is 67.1 Å². The molecule has 0 saturated heterocycles. The third kappa shape index (κ3) is 6.44. The molecular weight excluding hydrogens is 458 g/mol. The zero-order chi connectivity index (χ0) is 18.4. The molecule has 0 radical (unpaired) electrons. The normalized spacial score (nSPS) is 14.9. The number of guanidine groups is 1. The number of aromatic nitrogens is 3. The van der Waals surface area contributed by atoms with Crippen LogP contribution in [0.15, 0.2) is 29.3 Å². The van der Waals surface area contributed by atoms with Crippen LogP contribution in [0.3, 0.4) is 0 Å². The summed E-state index contributed by atoms with van der Waals surface area (Å²) >= 11 is 0. The molecular formula is C19H28FIN6. The van der Waals surface area contributed by atoms with Crippen LogP contribution in [0.2, 0.25) is 0 Å². The molecule has 6 nitrogen and oxygen atoms in total. The second-order valence-corrected chi connectivity index (χ2v) is 6.82. The predicted molar refractivity (Wildman–Crippen MR) is 116 cm³/mol. The molecule has 8 heteroatoms. The van der Waals surface area contributed by atoms with Gasteiger partial charge in [-0.2, -0.15) is 0 Å². The fourth-order valence-electron chi connectivity index (χ4n) is 3.17. The molecule has 1 aromatic carbocycles. The Morgan fingerprint density at radius 1 is 1.30 bits per heavy atom. The number of aryl methyl sites for hydroxylation is 1. The van der Waals surface area contributed by atoms with E-state index in [0.717, 1.165) is 29.6 Å².